The van der Waals surface area contributed by atoms with Crippen molar-refractivity contribution in [2.24, 2.45) is 5.10 Å². The predicted octanol–water partition coefficient (Wildman–Crippen LogP) is 2.62. The van der Waals surface area contributed by atoms with Crippen molar-refractivity contribution in [3.63, 3.8) is 0 Å². The van der Waals surface area contributed by atoms with E-state index in [0.717, 1.165) is 5.56 Å². The number of ether oxygens (including phenoxy) is 2. The number of methoxy groups -OCH3 is 2. The fraction of sp³-hybridized carbons (Fsp3) is 0.211. The maximum Gasteiger partial charge on any atom is 0.282 e. The minimum Gasteiger partial charge on any atom is -0.507 e. The number of benzene rings is 2. The van der Waals surface area contributed by atoms with Crippen molar-refractivity contribution in [2.75, 3.05) is 14.2 Å². The molecule has 0 unspecified atom stereocenters. The van der Waals surface area contributed by atoms with Gasteiger partial charge in [-0.05, 0) is 37.6 Å². The van der Waals surface area contributed by atoms with Crippen molar-refractivity contribution < 1.29 is 14.6 Å². The third-order valence-corrected chi connectivity index (χ3v) is 4.01. The van der Waals surface area contributed by atoms with Crippen LogP contribution in [0, 0.1) is 13.8 Å². The number of nitrogens with zero attached hydrogens (tertiary/aromatic N) is 3. The number of rotatable bonds is 4. The SMILES string of the molecule is COc1cc2nc(C)n(N=Cc3ccc(C)cc3O)c(=O)c2cc1OC. The van der Waals surface area contributed by atoms with E-state index in [2.05, 4.69) is 10.1 Å². The van der Waals surface area contributed by atoms with E-state index in [9.17, 15) is 9.90 Å². The molecule has 0 aliphatic heterocycles. The molecule has 0 atom stereocenters. The topological polar surface area (TPSA) is 85.9 Å². The molecule has 134 valence electrons. The largest absolute Gasteiger partial charge is 0.507 e. The van der Waals surface area contributed by atoms with E-state index in [4.69, 9.17) is 9.47 Å². The van der Waals surface area contributed by atoms with Crippen molar-refractivity contribution in [1.29, 1.82) is 0 Å². The highest BCUT2D eigenvalue weighted by Gasteiger charge is 2.13. The van der Waals surface area contributed by atoms with Gasteiger partial charge in [-0.3, -0.25) is 4.79 Å². The molecule has 1 aromatic heterocycles. The molecule has 3 aromatic rings. The number of aromatic nitrogens is 2. The van der Waals surface area contributed by atoms with Crippen LogP contribution in [0.15, 0.2) is 40.2 Å². The number of phenolic OH excluding ortho intramolecular Hbond substituents is 1. The second kappa shape index (κ2) is 6.87. The lowest BCUT2D eigenvalue weighted by atomic mass is 10.1. The highest BCUT2D eigenvalue weighted by Crippen LogP contribution is 2.30. The van der Waals surface area contributed by atoms with Gasteiger partial charge in [-0.15, -0.1) is 0 Å². The van der Waals surface area contributed by atoms with Gasteiger partial charge in [0.05, 0.1) is 31.3 Å². The summed E-state index contributed by atoms with van der Waals surface area (Å²) in [4.78, 5) is 17.2. The molecule has 0 bridgehead atoms. The van der Waals surface area contributed by atoms with Crippen LogP contribution < -0.4 is 15.0 Å². The lowest BCUT2D eigenvalue weighted by Crippen LogP contribution is -2.20. The molecule has 1 heterocycles. The molecule has 26 heavy (non-hydrogen) atoms. The molecule has 2 aromatic carbocycles. The van der Waals surface area contributed by atoms with E-state index in [1.807, 2.05) is 13.0 Å². The van der Waals surface area contributed by atoms with E-state index in [1.165, 1.54) is 25.1 Å². The number of hydrogen-bond donors (Lipinski definition) is 1. The van der Waals surface area contributed by atoms with Gasteiger partial charge >= 0.3 is 0 Å². The number of phenols is 1. The second-order valence-corrected chi connectivity index (χ2v) is 5.81. The summed E-state index contributed by atoms with van der Waals surface area (Å²) in [5.41, 5.74) is 1.60. The average Bonchev–Trinajstić information content (AvgIpc) is 2.62. The summed E-state index contributed by atoms with van der Waals surface area (Å²) in [6.07, 6.45) is 1.43. The summed E-state index contributed by atoms with van der Waals surface area (Å²) in [7, 11) is 3.03. The van der Waals surface area contributed by atoms with Crippen molar-refractivity contribution in [1.82, 2.24) is 9.66 Å². The average molecular weight is 353 g/mol. The van der Waals surface area contributed by atoms with Gasteiger partial charge in [-0.25, -0.2) is 4.98 Å². The Kier molecular flexibility index (Phi) is 4.62. The standard InChI is InChI=1S/C19H19N3O4/c1-11-5-6-13(16(23)7-11)10-20-22-12(2)21-15-9-18(26-4)17(25-3)8-14(15)19(22)24/h5-10,23H,1-4H3. The number of fused-ring (bicyclic) bond motifs is 1. The zero-order valence-electron chi connectivity index (χ0n) is 15.0. The van der Waals surface area contributed by atoms with E-state index >= 15 is 0 Å². The molecule has 1 N–H and O–H groups in total. The molecule has 0 spiro atoms. The van der Waals surface area contributed by atoms with Crippen LogP contribution >= 0.6 is 0 Å². The van der Waals surface area contributed by atoms with E-state index in [1.54, 1.807) is 31.2 Å². The van der Waals surface area contributed by atoms with Gasteiger partial charge in [0.15, 0.2) is 11.5 Å². The molecule has 0 aliphatic rings. The Morgan fingerprint density at radius 1 is 1.12 bits per heavy atom. The van der Waals surface area contributed by atoms with Crippen LogP contribution in [0.2, 0.25) is 0 Å². The summed E-state index contributed by atoms with van der Waals surface area (Å²) in [6.45, 7) is 3.56. The highest BCUT2D eigenvalue weighted by molar-refractivity contribution is 5.84. The lowest BCUT2D eigenvalue weighted by molar-refractivity contribution is 0.355. The second-order valence-electron chi connectivity index (χ2n) is 5.81. The summed E-state index contributed by atoms with van der Waals surface area (Å²) >= 11 is 0. The lowest BCUT2D eigenvalue weighted by Gasteiger charge is -2.10. The molecule has 7 nitrogen and oxygen atoms in total. The van der Waals surface area contributed by atoms with Gasteiger partial charge in [0.1, 0.15) is 11.6 Å². The van der Waals surface area contributed by atoms with Crippen LogP contribution in [-0.2, 0) is 0 Å². The van der Waals surface area contributed by atoms with Crippen LogP contribution in [0.25, 0.3) is 10.9 Å². The third kappa shape index (κ3) is 3.11. The molecule has 7 heteroatoms. The zero-order valence-corrected chi connectivity index (χ0v) is 15.0. The molecule has 0 saturated heterocycles. The van der Waals surface area contributed by atoms with E-state index < -0.39 is 0 Å². The van der Waals surface area contributed by atoms with Gasteiger partial charge in [0.2, 0.25) is 0 Å². The minimum absolute atomic E-state index is 0.0969. The third-order valence-electron chi connectivity index (χ3n) is 4.01. The molecule has 0 amide bonds. The van der Waals surface area contributed by atoms with Gasteiger partial charge in [0, 0.05) is 11.6 Å². The van der Waals surface area contributed by atoms with Gasteiger partial charge < -0.3 is 14.6 Å². The molecule has 0 aliphatic carbocycles. The summed E-state index contributed by atoms with van der Waals surface area (Å²) in [6, 6.07) is 8.46. The maximum absolute atomic E-state index is 12.8. The van der Waals surface area contributed by atoms with E-state index in [0.29, 0.717) is 33.8 Å². The smallest absolute Gasteiger partial charge is 0.282 e. The van der Waals surface area contributed by atoms with Crippen molar-refractivity contribution in [2.45, 2.75) is 13.8 Å². The van der Waals surface area contributed by atoms with Crippen LogP contribution in [0.1, 0.15) is 17.0 Å². The fourth-order valence-corrected chi connectivity index (χ4v) is 2.63. The molecular formula is C19H19N3O4. The Hall–Kier alpha value is -3.35. The van der Waals surface area contributed by atoms with Gasteiger partial charge in [-0.1, -0.05) is 6.07 Å². The number of aromatic hydroxyl groups is 1. The monoisotopic (exact) mass is 353 g/mol. The Balaban J connectivity index is 2.14. The summed E-state index contributed by atoms with van der Waals surface area (Å²) in [5, 5.41) is 14.5. The maximum atomic E-state index is 12.8. The van der Waals surface area contributed by atoms with Crippen LogP contribution in [0.5, 0.6) is 17.2 Å². The predicted molar refractivity (Wildman–Crippen MR) is 99.7 cm³/mol. The molecule has 0 fully saturated rings. The highest BCUT2D eigenvalue weighted by atomic mass is 16.5. The quantitative estimate of drug-likeness (QED) is 0.729. The number of aryl methyl sites for hydroxylation is 2. The first kappa shape index (κ1) is 17.5. The Labute approximate surface area is 150 Å². The summed E-state index contributed by atoms with van der Waals surface area (Å²) in [5.74, 6) is 1.45. The van der Waals surface area contributed by atoms with Crippen molar-refractivity contribution in [3.05, 3.63) is 57.6 Å². The van der Waals surface area contributed by atoms with Crippen LogP contribution in [0.3, 0.4) is 0 Å². The van der Waals surface area contributed by atoms with Crippen LogP contribution in [-0.4, -0.2) is 35.2 Å². The van der Waals surface area contributed by atoms with Crippen LogP contribution in [0.4, 0.5) is 0 Å². The normalized spacial score (nSPS) is 11.2. The van der Waals surface area contributed by atoms with Crippen molar-refractivity contribution in [3.8, 4) is 17.2 Å². The molecule has 0 radical (unpaired) electrons. The Morgan fingerprint density at radius 3 is 2.46 bits per heavy atom. The molecule has 0 saturated carbocycles. The molecular weight excluding hydrogens is 334 g/mol. The summed E-state index contributed by atoms with van der Waals surface area (Å²) < 4.78 is 11.7. The first-order valence-electron chi connectivity index (χ1n) is 7.94. The fourth-order valence-electron chi connectivity index (χ4n) is 2.63. The molecule has 3 rings (SSSR count). The first-order valence-corrected chi connectivity index (χ1v) is 7.94. The Morgan fingerprint density at radius 2 is 1.81 bits per heavy atom. The van der Waals surface area contributed by atoms with Crippen molar-refractivity contribution >= 4 is 17.1 Å². The minimum atomic E-state index is -0.337. The van der Waals surface area contributed by atoms with E-state index in [-0.39, 0.29) is 11.3 Å². The number of hydrogen-bond acceptors (Lipinski definition) is 6. The van der Waals surface area contributed by atoms with Gasteiger partial charge in [0.25, 0.3) is 5.56 Å². The Bertz CT molecular complexity index is 1070. The zero-order chi connectivity index (χ0) is 18.8. The first-order chi connectivity index (χ1) is 12.4. The van der Waals surface area contributed by atoms with Gasteiger partial charge in [-0.2, -0.15) is 9.78 Å².